The molecule has 0 bridgehead atoms. The van der Waals surface area contributed by atoms with Gasteiger partial charge in [0, 0.05) is 17.3 Å². The lowest BCUT2D eigenvalue weighted by molar-refractivity contribution is 0.102. The molecule has 0 radical (unpaired) electrons. The first-order valence-corrected chi connectivity index (χ1v) is 10.5. The summed E-state index contributed by atoms with van der Waals surface area (Å²) in [6, 6.07) is 8.75. The molecule has 2 N–H and O–H groups in total. The molecule has 0 heterocycles. The Hall–Kier alpha value is -2.29. The van der Waals surface area contributed by atoms with Crippen LogP contribution in [-0.4, -0.2) is 34.1 Å². The average molecular weight is 427 g/mol. The van der Waals surface area contributed by atoms with Gasteiger partial charge in [-0.05, 0) is 57.2 Å². The van der Waals surface area contributed by atoms with Gasteiger partial charge >= 0.3 is 0 Å². The molecule has 0 fully saturated rings. The van der Waals surface area contributed by atoms with Gasteiger partial charge in [-0.3, -0.25) is 4.79 Å². The van der Waals surface area contributed by atoms with Crippen molar-refractivity contribution >= 4 is 33.2 Å². The van der Waals surface area contributed by atoms with E-state index in [0.717, 1.165) is 0 Å². The normalized spacial score (nSPS) is 11.4. The summed E-state index contributed by atoms with van der Waals surface area (Å²) >= 11 is 6.07. The highest BCUT2D eigenvalue weighted by atomic mass is 35.5. The van der Waals surface area contributed by atoms with E-state index in [-0.39, 0.29) is 22.3 Å². The molecule has 0 spiro atoms. The van der Waals surface area contributed by atoms with Crippen LogP contribution in [0.3, 0.4) is 0 Å². The lowest BCUT2D eigenvalue weighted by atomic mass is 10.2. The summed E-state index contributed by atoms with van der Waals surface area (Å²) in [7, 11) is -2.36. The fourth-order valence-corrected chi connectivity index (χ4v) is 4.13. The van der Waals surface area contributed by atoms with Crippen LogP contribution in [0.5, 0.6) is 11.5 Å². The van der Waals surface area contributed by atoms with Crippen LogP contribution in [0.2, 0.25) is 5.02 Å². The van der Waals surface area contributed by atoms with Crippen molar-refractivity contribution < 1.29 is 22.7 Å². The first-order chi connectivity index (χ1) is 13.2. The van der Waals surface area contributed by atoms with Crippen LogP contribution < -0.4 is 19.5 Å². The number of ether oxygens (including phenoxy) is 2. The molecule has 0 aliphatic heterocycles. The molecule has 2 aromatic rings. The number of hydrogen-bond donors (Lipinski definition) is 2. The Kier molecular flexibility index (Phi) is 7.29. The van der Waals surface area contributed by atoms with E-state index in [1.54, 1.807) is 39.0 Å². The highest BCUT2D eigenvalue weighted by Crippen LogP contribution is 2.29. The Morgan fingerprint density at radius 1 is 1.14 bits per heavy atom. The van der Waals surface area contributed by atoms with Gasteiger partial charge in [0.2, 0.25) is 10.0 Å². The standard InChI is InChI=1S/C19H23ClN2O5S/c1-5-27-17-8-6-13(10-18(17)28(24,25)22-12(2)3)19(23)21-14-7-9-16(26-4)15(20)11-14/h6-12,22H,5H2,1-4H3,(H,21,23). The number of methoxy groups -OCH3 is 1. The molecule has 0 aromatic heterocycles. The van der Waals surface area contributed by atoms with E-state index in [1.807, 2.05) is 0 Å². The molecular formula is C19H23ClN2O5S. The minimum Gasteiger partial charge on any atom is -0.495 e. The van der Waals surface area contributed by atoms with Crippen molar-refractivity contribution in [3.8, 4) is 11.5 Å². The highest BCUT2D eigenvalue weighted by Gasteiger charge is 2.23. The number of halogens is 1. The maximum absolute atomic E-state index is 12.6. The van der Waals surface area contributed by atoms with E-state index in [4.69, 9.17) is 21.1 Å². The smallest absolute Gasteiger partial charge is 0.255 e. The van der Waals surface area contributed by atoms with Gasteiger partial charge in [-0.15, -0.1) is 0 Å². The third-order valence-corrected chi connectivity index (χ3v) is 5.57. The fourth-order valence-electron chi connectivity index (χ4n) is 2.46. The quantitative estimate of drug-likeness (QED) is 0.671. The Labute approximate surface area is 170 Å². The Morgan fingerprint density at radius 3 is 2.39 bits per heavy atom. The van der Waals surface area contributed by atoms with Gasteiger partial charge in [0.1, 0.15) is 16.4 Å². The second kappa shape index (κ2) is 9.27. The van der Waals surface area contributed by atoms with E-state index < -0.39 is 15.9 Å². The largest absolute Gasteiger partial charge is 0.495 e. The summed E-state index contributed by atoms with van der Waals surface area (Å²) in [5, 5.41) is 3.03. The molecule has 2 aromatic carbocycles. The van der Waals surface area contributed by atoms with E-state index in [2.05, 4.69) is 10.0 Å². The van der Waals surface area contributed by atoms with Gasteiger partial charge < -0.3 is 14.8 Å². The van der Waals surface area contributed by atoms with Gasteiger partial charge in [-0.1, -0.05) is 11.6 Å². The molecule has 9 heteroatoms. The lowest BCUT2D eigenvalue weighted by Crippen LogP contribution is -2.30. The van der Waals surface area contributed by atoms with E-state index >= 15 is 0 Å². The zero-order valence-corrected chi connectivity index (χ0v) is 17.6. The minimum atomic E-state index is -3.85. The molecule has 0 aliphatic carbocycles. The maximum Gasteiger partial charge on any atom is 0.255 e. The van der Waals surface area contributed by atoms with Crippen LogP contribution in [0.4, 0.5) is 5.69 Å². The van der Waals surface area contributed by atoms with Gasteiger partial charge in [0.15, 0.2) is 0 Å². The van der Waals surface area contributed by atoms with Gasteiger partial charge in [-0.25, -0.2) is 13.1 Å². The van der Waals surface area contributed by atoms with E-state index in [9.17, 15) is 13.2 Å². The second-order valence-electron chi connectivity index (χ2n) is 6.17. The van der Waals surface area contributed by atoms with Crippen molar-refractivity contribution in [3.05, 3.63) is 47.0 Å². The Balaban J connectivity index is 2.36. The number of nitrogens with one attached hydrogen (secondary N) is 2. The van der Waals surface area contributed by atoms with Crippen LogP contribution >= 0.6 is 11.6 Å². The summed E-state index contributed by atoms with van der Waals surface area (Å²) in [5.41, 5.74) is 0.619. The molecular weight excluding hydrogens is 404 g/mol. The van der Waals surface area contributed by atoms with Gasteiger partial charge in [0.05, 0.1) is 18.7 Å². The molecule has 0 saturated heterocycles. The summed E-state index contributed by atoms with van der Waals surface area (Å²) in [6.07, 6.45) is 0. The second-order valence-corrected chi connectivity index (χ2v) is 8.26. The molecule has 0 saturated carbocycles. The van der Waals surface area contributed by atoms with E-state index in [0.29, 0.717) is 23.1 Å². The number of anilines is 1. The molecule has 0 aliphatic rings. The van der Waals surface area contributed by atoms with Crippen LogP contribution in [0, 0.1) is 0 Å². The van der Waals surface area contributed by atoms with Crippen molar-refractivity contribution in [2.75, 3.05) is 19.0 Å². The predicted molar refractivity (Wildman–Crippen MR) is 109 cm³/mol. The molecule has 7 nitrogen and oxygen atoms in total. The topological polar surface area (TPSA) is 93.7 Å². The van der Waals surface area contributed by atoms with Crippen molar-refractivity contribution in [1.29, 1.82) is 0 Å². The molecule has 0 atom stereocenters. The number of hydrogen-bond acceptors (Lipinski definition) is 5. The molecule has 1 amide bonds. The first-order valence-electron chi connectivity index (χ1n) is 8.62. The predicted octanol–water partition coefficient (Wildman–Crippen LogP) is 3.69. The van der Waals surface area contributed by atoms with Crippen molar-refractivity contribution in [3.63, 3.8) is 0 Å². The maximum atomic E-state index is 12.6. The fraction of sp³-hybridized carbons (Fsp3) is 0.316. The minimum absolute atomic E-state index is 0.0940. The number of benzene rings is 2. The third-order valence-electron chi connectivity index (χ3n) is 3.60. The summed E-state index contributed by atoms with van der Waals surface area (Å²) in [5.74, 6) is 0.179. The summed E-state index contributed by atoms with van der Waals surface area (Å²) in [4.78, 5) is 12.5. The molecule has 2 rings (SSSR count). The SMILES string of the molecule is CCOc1ccc(C(=O)Nc2ccc(OC)c(Cl)c2)cc1S(=O)(=O)NC(C)C. The number of sulfonamides is 1. The van der Waals surface area contributed by atoms with Crippen molar-refractivity contribution in [2.24, 2.45) is 0 Å². The highest BCUT2D eigenvalue weighted by molar-refractivity contribution is 7.89. The van der Waals surface area contributed by atoms with Crippen molar-refractivity contribution in [1.82, 2.24) is 4.72 Å². The Morgan fingerprint density at radius 2 is 1.82 bits per heavy atom. The molecule has 0 unspecified atom stereocenters. The van der Waals surface area contributed by atoms with Gasteiger partial charge in [0.25, 0.3) is 5.91 Å². The lowest BCUT2D eigenvalue weighted by Gasteiger charge is -2.15. The third kappa shape index (κ3) is 5.37. The number of amides is 1. The van der Waals surface area contributed by atoms with Crippen LogP contribution in [-0.2, 0) is 10.0 Å². The zero-order valence-electron chi connectivity index (χ0n) is 16.1. The van der Waals surface area contributed by atoms with Crippen LogP contribution in [0.1, 0.15) is 31.1 Å². The first kappa shape index (κ1) is 22.0. The van der Waals surface area contributed by atoms with E-state index in [1.165, 1.54) is 25.3 Å². The van der Waals surface area contributed by atoms with Crippen LogP contribution in [0.25, 0.3) is 0 Å². The molecule has 28 heavy (non-hydrogen) atoms. The van der Waals surface area contributed by atoms with Gasteiger partial charge in [-0.2, -0.15) is 0 Å². The number of carbonyl (C=O) groups excluding carboxylic acids is 1. The van der Waals surface area contributed by atoms with Crippen molar-refractivity contribution in [2.45, 2.75) is 31.7 Å². The Bertz CT molecular complexity index is 961. The number of rotatable bonds is 8. The van der Waals surface area contributed by atoms with Crippen LogP contribution in [0.15, 0.2) is 41.3 Å². The molecule has 152 valence electrons. The summed E-state index contributed by atoms with van der Waals surface area (Å²) < 4.78 is 38.3. The summed E-state index contributed by atoms with van der Waals surface area (Å²) in [6.45, 7) is 5.46. The average Bonchev–Trinajstić information content (AvgIpc) is 2.61. The monoisotopic (exact) mass is 426 g/mol. The number of carbonyl (C=O) groups is 1. The zero-order chi connectivity index (χ0) is 20.9.